The van der Waals surface area contributed by atoms with E-state index < -0.39 is 5.41 Å². The van der Waals surface area contributed by atoms with Gasteiger partial charge in [0.25, 0.3) is 0 Å². The molecule has 2 aliphatic heterocycles. The van der Waals surface area contributed by atoms with Gasteiger partial charge >= 0.3 is 0 Å². The fourth-order valence-electron chi connectivity index (χ4n) is 4.93. The molecule has 0 spiro atoms. The van der Waals surface area contributed by atoms with Crippen LogP contribution < -0.4 is 19.3 Å². The highest BCUT2D eigenvalue weighted by molar-refractivity contribution is 5.75. The normalized spacial score (nSPS) is 19.0. The van der Waals surface area contributed by atoms with Crippen LogP contribution in [-0.2, 0) is 0 Å². The van der Waals surface area contributed by atoms with E-state index in [4.69, 9.17) is 9.47 Å². The van der Waals surface area contributed by atoms with Gasteiger partial charge in [0, 0.05) is 11.4 Å². The zero-order valence-electron chi connectivity index (χ0n) is 18.8. The maximum Gasteiger partial charge on any atom is 0.187 e. The van der Waals surface area contributed by atoms with Crippen molar-refractivity contribution in [2.45, 2.75) is 26.3 Å². The van der Waals surface area contributed by atoms with Crippen molar-refractivity contribution in [2.24, 2.45) is 5.41 Å². The Morgan fingerprint density at radius 3 is 1.30 bits per heavy atom. The third-order valence-electron chi connectivity index (χ3n) is 6.54. The summed E-state index contributed by atoms with van der Waals surface area (Å²) in [6.07, 6.45) is -0.523. The molecule has 0 aromatic heterocycles. The lowest BCUT2D eigenvalue weighted by Gasteiger charge is -2.43. The van der Waals surface area contributed by atoms with Crippen LogP contribution in [0.1, 0.15) is 13.8 Å². The molecule has 0 saturated carbocycles. The molecule has 0 saturated heterocycles. The molecule has 164 valence electrons. The summed E-state index contributed by atoms with van der Waals surface area (Å²) in [6, 6.07) is 37.4. The van der Waals surface area contributed by atoms with Crippen LogP contribution in [0.4, 0.5) is 22.7 Å². The van der Waals surface area contributed by atoms with Gasteiger partial charge in [-0.3, -0.25) is 0 Å². The lowest BCUT2D eigenvalue weighted by atomic mass is 9.86. The minimum atomic E-state index is -0.427. The summed E-state index contributed by atoms with van der Waals surface area (Å²) >= 11 is 0. The van der Waals surface area contributed by atoms with Crippen molar-refractivity contribution in [2.75, 3.05) is 9.80 Å². The summed E-state index contributed by atoms with van der Waals surface area (Å²) in [5, 5.41) is 0. The first-order valence-corrected chi connectivity index (χ1v) is 11.3. The summed E-state index contributed by atoms with van der Waals surface area (Å²) in [5.74, 6) is 1.78. The van der Waals surface area contributed by atoms with E-state index in [2.05, 4.69) is 96.4 Å². The van der Waals surface area contributed by atoms with Crippen molar-refractivity contribution in [1.82, 2.24) is 0 Å². The molecule has 0 radical (unpaired) electrons. The van der Waals surface area contributed by atoms with Gasteiger partial charge in [0.05, 0.1) is 16.8 Å². The number of benzene rings is 4. The summed E-state index contributed by atoms with van der Waals surface area (Å²) in [4.78, 5) is 4.59. The van der Waals surface area contributed by atoms with Gasteiger partial charge < -0.3 is 19.3 Å². The van der Waals surface area contributed by atoms with Gasteiger partial charge in [-0.1, -0.05) is 60.7 Å². The van der Waals surface area contributed by atoms with E-state index in [1.807, 2.05) is 36.4 Å². The molecule has 0 amide bonds. The first kappa shape index (κ1) is 19.7. The number of para-hydroxylation sites is 6. The molecule has 0 bridgehead atoms. The lowest BCUT2D eigenvalue weighted by molar-refractivity contribution is 0.00273. The predicted octanol–water partition coefficient (Wildman–Crippen LogP) is 7.13. The predicted molar refractivity (Wildman–Crippen MR) is 133 cm³/mol. The van der Waals surface area contributed by atoms with Gasteiger partial charge in [-0.15, -0.1) is 0 Å². The molecule has 2 aliphatic rings. The topological polar surface area (TPSA) is 24.9 Å². The van der Waals surface area contributed by atoms with E-state index in [1.54, 1.807) is 0 Å². The Hall–Kier alpha value is -3.92. The van der Waals surface area contributed by atoms with Crippen molar-refractivity contribution in [3.8, 4) is 11.5 Å². The second-order valence-corrected chi connectivity index (χ2v) is 9.11. The van der Waals surface area contributed by atoms with Crippen molar-refractivity contribution in [3.05, 3.63) is 109 Å². The van der Waals surface area contributed by atoms with Crippen LogP contribution in [0, 0.1) is 5.41 Å². The molecule has 4 aromatic carbocycles. The highest BCUT2D eigenvalue weighted by Crippen LogP contribution is 2.53. The number of ether oxygens (including phenoxy) is 2. The van der Waals surface area contributed by atoms with Crippen molar-refractivity contribution >= 4 is 22.7 Å². The molecule has 2 atom stereocenters. The average Bonchev–Trinajstić information content (AvgIpc) is 3.45. The van der Waals surface area contributed by atoms with Crippen molar-refractivity contribution < 1.29 is 9.47 Å². The maximum absolute atomic E-state index is 6.65. The van der Waals surface area contributed by atoms with Gasteiger partial charge in [0.1, 0.15) is 11.5 Å². The molecule has 6 rings (SSSR count). The lowest BCUT2D eigenvalue weighted by Crippen LogP contribution is -2.55. The third kappa shape index (κ3) is 3.13. The van der Waals surface area contributed by atoms with Gasteiger partial charge in [-0.05, 0) is 62.4 Å². The molecule has 0 fully saturated rings. The SMILES string of the molecule is CC(C)(C1Oc2ccccc2N1c1ccccc1)C1Oc2ccccc2N1c1ccccc1. The largest absolute Gasteiger partial charge is 0.467 e. The summed E-state index contributed by atoms with van der Waals surface area (Å²) in [6.45, 7) is 4.46. The van der Waals surface area contributed by atoms with Crippen LogP contribution in [-0.4, -0.2) is 12.5 Å². The van der Waals surface area contributed by atoms with Gasteiger partial charge in [0.2, 0.25) is 0 Å². The minimum absolute atomic E-state index is 0.261. The molecule has 33 heavy (non-hydrogen) atoms. The van der Waals surface area contributed by atoms with E-state index in [0.29, 0.717) is 0 Å². The fourth-order valence-corrected chi connectivity index (χ4v) is 4.93. The second-order valence-electron chi connectivity index (χ2n) is 9.11. The number of nitrogens with zero attached hydrogens (tertiary/aromatic N) is 2. The summed E-state index contributed by atoms with van der Waals surface area (Å²) < 4.78 is 13.3. The Bertz CT molecular complexity index is 1170. The van der Waals surface area contributed by atoms with Crippen LogP contribution >= 0.6 is 0 Å². The highest BCUT2D eigenvalue weighted by Gasteiger charge is 2.53. The Labute approximate surface area is 194 Å². The fraction of sp³-hybridized carbons (Fsp3) is 0.172. The minimum Gasteiger partial charge on any atom is -0.467 e. The van der Waals surface area contributed by atoms with Crippen molar-refractivity contribution in [3.63, 3.8) is 0 Å². The second kappa shape index (κ2) is 7.59. The van der Waals surface area contributed by atoms with Gasteiger partial charge in [-0.2, -0.15) is 0 Å². The van der Waals surface area contributed by atoms with E-state index in [9.17, 15) is 0 Å². The van der Waals surface area contributed by atoms with Crippen LogP contribution in [0.2, 0.25) is 0 Å². The number of hydrogen-bond donors (Lipinski definition) is 0. The highest BCUT2D eigenvalue weighted by atomic mass is 16.5. The molecular formula is C29H26N2O2. The van der Waals surface area contributed by atoms with E-state index >= 15 is 0 Å². The first-order valence-electron chi connectivity index (χ1n) is 11.3. The van der Waals surface area contributed by atoms with Gasteiger partial charge in [0.15, 0.2) is 12.5 Å². The molecule has 4 heteroatoms. The first-order chi connectivity index (χ1) is 16.1. The van der Waals surface area contributed by atoms with Crippen molar-refractivity contribution in [1.29, 1.82) is 0 Å². The molecule has 0 aliphatic carbocycles. The zero-order valence-corrected chi connectivity index (χ0v) is 18.8. The monoisotopic (exact) mass is 434 g/mol. The van der Waals surface area contributed by atoms with E-state index in [-0.39, 0.29) is 12.5 Å². The standard InChI is InChI=1S/C29H26N2O2/c1-29(2,27-30(21-13-5-3-6-14-21)23-17-9-11-19-25(23)32-27)28-31(22-15-7-4-8-16-22)24-18-10-12-20-26(24)33-28/h3-20,27-28H,1-2H3. The number of fused-ring (bicyclic) bond motifs is 2. The van der Waals surface area contributed by atoms with Gasteiger partial charge in [-0.25, -0.2) is 0 Å². The summed E-state index contributed by atoms with van der Waals surface area (Å²) in [5.41, 5.74) is 3.92. The Balaban J connectivity index is 1.46. The number of rotatable bonds is 4. The van der Waals surface area contributed by atoms with Crippen LogP contribution in [0.25, 0.3) is 0 Å². The molecule has 4 aromatic rings. The average molecular weight is 435 g/mol. The van der Waals surface area contributed by atoms with Crippen LogP contribution in [0.15, 0.2) is 109 Å². The maximum atomic E-state index is 6.65. The summed E-state index contributed by atoms with van der Waals surface area (Å²) in [7, 11) is 0. The van der Waals surface area contributed by atoms with E-state index in [0.717, 1.165) is 34.2 Å². The zero-order chi connectivity index (χ0) is 22.4. The third-order valence-corrected chi connectivity index (χ3v) is 6.54. The van der Waals surface area contributed by atoms with Crippen LogP contribution in [0.3, 0.4) is 0 Å². The smallest absolute Gasteiger partial charge is 0.187 e. The Morgan fingerprint density at radius 1 is 0.515 bits per heavy atom. The number of anilines is 4. The molecule has 4 nitrogen and oxygen atoms in total. The molecule has 2 unspecified atom stereocenters. The number of hydrogen-bond acceptors (Lipinski definition) is 4. The van der Waals surface area contributed by atoms with Crippen LogP contribution in [0.5, 0.6) is 11.5 Å². The molecule has 2 heterocycles. The molecule has 0 N–H and O–H groups in total. The molecular weight excluding hydrogens is 408 g/mol. The quantitative estimate of drug-likeness (QED) is 0.341. The Morgan fingerprint density at radius 2 is 0.879 bits per heavy atom. The van der Waals surface area contributed by atoms with E-state index in [1.165, 1.54) is 0 Å². The Kier molecular flexibility index (Phi) is 4.54.